The second kappa shape index (κ2) is 16.8. The summed E-state index contributed by atoms with van der Waals surface area (Å²) in [7, 11) is 0. The lowest BCUT2D eigenvalue weighted by atomic mass is 9.30. The van der Waals surface area contributed by atoms with E-state index < -0.39 is 0 Å². The first-order chi connectivity index (χ1) is 32.2. The number of fused-ring (bicyclic) bond motifs is 4. The summed E-state index contributed by atoms with van der Waals surface area (Å²) in [5.74, 6) is 3.27. The molecule has 8 aromatic rings. The van der Waals surface area contributed by atoms with Gasteiger partial charge in [0.2, 0.25) is 13.4 Å². The van der Waals surface area contributed by atoms with Crippen molar-refractivity contribution >= 4 is 78.5 Å². The molecule has 0 unspecified atom stereocenters. The summed E-state index contributed by atoms with van der Waals surface area (Å²) in [5.41, 5.74) is 29.4. The lowest BCUT2D eigenvalue weighted by Gasteiger charge is -2.37. The Kier molecular flexibility index (Phi) is 11.5. The van der Waals surface area contributed by atoms with Crippen molar-refractivity contribution in [2.24, 2.45) is 0 Å². The molecule has 346 valence electrons. The predicted octanol–water partition coefficient (Wildman–Crippen LogP) is 15.2. The largest absolute Gasteiger partial charge is 0.243 e. The topological polar surface area (TPSA) is 0 Å². The van der Waals surface area contributed by atoms with Gasteiger partial charge in [-0.05, 0) is 160 Å². The summed E-state index contributed by atoms with van der Waals surface area (Å²) >= 11 is 0. The van der Waals surface area contributed by atoms with Gasteiger partial charge in [0, 0.05) is 0 Å². The monoisotopic (exact) mass is 891 g/mol. The van der Waals surface area contributed by atoms with Gasteiger partial charge in [0.25, 0.3) is 0 Å². The number of benzene rings is 8. The Morgan fingerprint density at radius 2 is 0.632 bits per heavy atom. The molecule has 68 heavy (non-hydrogen) atoms. The van der Waals surface area contributed by atoms with Gasteiger partial charge in [-0.2, -0.15) is 0 Å². The minimum Gasteiger partial charge on any atom is -0.0618 e. The highest BCUT2D eigenvalue weighted by atomic mass is 14.3. The van der Waals surface area contributed by atoms with Crippen LogP contribution in [0.25, 0.3) is 54.6 Å². The molecular formula is C66H76B2. The molecule has 2 aliphatic heterocycles. The van der Waals surface area contributed by atoms with Crippen LogP contribution >= 0.6 is 0 Å². The minimum absolute atomic E-state index is 0.105. The molecule has 0 N–H and O–H groups in total. The van der Waals surface area contributed by atoms with Crippen molar-refractivity contribution in [1.82, 2.24) is 0 Å². The van der Waals surface area contributed by atoms with Crippen LogP contribution in [0.1, 0.15) is 214 Å². The van der Waals surface area contributed by atoms with Crippen LogP contribution in [0.5, 0.6) is 0 Å². The van der Waals surface area contributed by atoms with Gasteiger partial charge in [-0.3, -0.25) is 0 Å². The molecule has 0 aromatic heterocycles. The zero-order chi connectivity index (χ0) is 48.7. The van der Waals surface area contributed by atoms with Gasteiger partial charge in [-0.1, -0.05) is 240 Å². The molecule has 10 rings (SSSR count). The fraction of sp³-hybridized carbons (Fsp3) is 0.394. The Balaban J connectivity index is 1.41. The van der Waals surface area contributed by atoms with Crippen LogP contribution < -0.4 is 32.8 Å². The molecule has 0 bridgehead atoms. The van der Waals surface area contributed by atoms with Crippen LogP contribution in [-0.2, 0) is 0 Å². The Hall–Kier alpha value is -5.07. The Bertz CT molecular complexity index is 3270. The van der Waals surface area contributed by atoms with Crippen LogP contribution in [0.3, 0.4) is 0 Å². The zero-order valence-corrected chi connectivity index (χ0v) is 44.9. The van der Waals surface area contributed by atoms with Gasteiger partial charge >= 0.3 is 0 Å². The summed E-state index contributed by atoms with van der Waals surface area (Å²) in [6, 6.07) is 36.0. The lowest BCUT2D eigenvalue weighted by Crippen LogP contribution is -2.59. The van der Waals surface area contributed by atoms with Crippen molar-refractivity contribution in [2.75, 3.05) is 0 Å². The van der Waals surface area contributed by atoms with E-state index in [1.165, 1.54) is 132 Å². The summed E-state index contributed by atoms with van der Waals surface area (Å²) in [4.78, 5) is 0. The average molecular weight is 891 g/mol. The fourth-order valence-electron chi connectivity index (χ4n) is 13.2. The second-order valence-electron chi connectivity index (χ2n) is 24.0. The third-order valence-corrected chi connectivity index (χ3v) is 16.7. The summed E-state index contributed by atoms with van der Waals surface area (Å²) in [6.07, 6.45) is 0. The van der Waals surface area contributed by atoms with E-state index in [2.05, 4.69) is 210 Å². The molecule has 0 spiro atoms. The van der Waals surface area contributed by atoms with E-state index >= 15 is 0 Å². The van der Waals surface area contributed by atoms with E-state index in [9.17, 15) is 0 Å². The SMILES string of the molecule is Cc1cc(C)c2c(c1)-c1ccc3cc4c5c(ccc6cc(c1c3c65)B2c1c(C(C)C)cc(C(C)C)cc1C(C)C)-c1cc(C(C)C)cc(C(C)C)c1B4c1c(C(C)C)cc(C(C)C)cc1C(C)C. The number of hydrogen-bond acceptors (Lipinski definition) is 0. The van der Waals surface area contributed by atoms with Crippen molar-refractivity contribution < 1.29 is 0 Å². The molecule has 2 heterocycles. The first-order valence-corrected chi connectivity index (χ1v) is 26.6. The molecule has 0 aliphatic carbocycles. The number of aryl methyl sites for hydroxylation is 2. The molecule has 0 nitrogen and oxygen atoms in total. The third kappa shape index (κ3) is 6.99. The minimum atomic E-state index is 0.105. The normalized spacial score (nSPS) is 13.6. The van der Waals surface area contributed by atoms with E-state index in [4.69, 9.17) is 0 Å². The molecule has 8 aromatic carbocycles. The van der Waals surface area contributed by atoms with E-state index in [1.54, 1.807) is 10.9 Å². The van der Waals surface area contributed by atoms with Gasteiger partial charge in [-0.25, -0.2) is 0 Å². The van der Waals surface area contributed by atoms with E-state index in [-0.39, 0.29) is 13.4 Å². The summed E-state index contributed by atoms with van der Waals surface area (Å²) in [6.45, 7) is 43.4. The van der Waals surface area contributed by atoms with Crippen LogP contribution in [0.4, 0.5) is 0 Å². The predicted molar refractivity (Wildman–Crippen MR) is 305 cm³/mol. The quantitative estimate of drug-likeness (QED) is 0.0948. The Morgan fingerprint density at radius 1 is 0.294 bits per heavy atom. The van der Waals surface area contributed by atoms with E-state index in [0.717, 1.165) is 0 Å². The van der Waals surface area contributed by atoms with Gasteiger partial charge in [0.1, 0.15) is 0 Å². The first-order valence-electron chi connectivity index (χ1n) is 26.6. The highest BCUT2D eigenvalue weighted by Crippen LogP contribution is 2.46. The van der Waals surface area contributed by atoms with Crippen molar-refractivity contribution in [3.63, 3.8) is 0 Å². The lowest BCUT2D eigenvalue weighted by molar-refractivity contribution is 0.812. The van der Waals surface area contributed by atoms with Crippen molar-refractivity contribution in [3.05, 3.63) is 141 Å². The third-order valence-electron chi connectivity index (χ3n) is 16.7. The fourth-order valence-corrected chi connectivity index (χ4v) is 13.2. The molecule has 0 radical (unpaired) electrons. The molecule has 0 amide bonds. The summed E-state index contributed by atoms with van der Waals surface area (Å²) in [5, 5.41) is 8.60. The van der Waals surface area contributed by atoms with Gasteiger partial charge < -0.3 is 0 Å². The average Bonchev–Trinajstić information content (AvgIpc) is 3.28. The maximum Gasteiger partial charge on any atom is 0.243 e. The van der Waals surface area contributed by atoms with Crippen LogP contribution in [0.15, 0.2) is 84.9 Å². The second-order valence-corrected chi connectivity index (χ2v) is 24.0. The van der Waals surface area contributed by atoms with Crippen molar-refractivity contribution in [3.8, 4) is 22.3 Å². The standard InChI is InChI=1S/C66H76B2/c1-33(2)45-25-50(36(7)8)64(51(26-45)37(9)10)67-57-31-43-20-22-49-56-30-47(35(5)6)29-54(40(15)16)66(56)68(65-52(38(11)12)27-46(34(3)4)28-53(65)39(13)14)58-32-44-19-21-48(61(57)59(44)60(43)62(49)58)55-24-41(17)23-42(18)63(55)67/h19-40H,1-18H3. The molecule has 2 aliphatic rings. The first kappa shape index (κ1) is 46.6. The zero-order valence-electron chi connectivity index (χ0n) is 44.9. The van der Waals surface area contributed by atoms with Crippen LogP contribution in [0.2, 0.25) is 0 Å². The maximum atomic E-state index is 2.69. The van der Waals surface area contributed by atoms with Gasteiger partial charge in [0.15, 0.2) is 0 Å². The van der Waals surface area contributed by atoms with Crippen molar-refractivity contribution in [2.45, 2.75) is 172 Å². The summed E-state index contributed by atoms with van der Waals surface area (Å²) < 4.78 is 0. The van der Waals surface area contributed by atoms with E-state index in [0.29, 0.717) is 47.3 Å². The molecule has 0 fully saturated rings. The molecule has 0 saturated heterocycles. The van der Waals surface area contributed by atoms with Crippen LogP contribution in [0, 0.1) is 13.8 Å². The van der Waals surface area contributed by atoms with E-state index in [1.807, 2.05) is 0 Å². The maximum absolute atomic E-state index is 2.69. The van der Waals surface area contributed by atoms with Gasteiger partial charge in [-0.15, -0.1) is 0 Å². The molecule has 0 saturated carbocycles. The number of rotatable bonds is 10. The Labute approximate surface area is 411 Å². The smallest absolute Gasteiger partial charge is 0.0618 e. The number of hydrogen-bond donors (Lipinski definition) is 0. The molecule has 2 heteroatoms. The highest BCUT2D eigenvalue weighted by molar-refractivity contribution is 7.01. The molecular weight excluding hydrogens is 814 g/mol. The van der Waals surface area contributed by atoms with Gasteiger partial charge in [0.05, 0.1) is 0 Å². The molecule has 0 atom stereocenters. The Morgan fingerprint density at radius 3 is 1.00 bits per heavy atom. The van der Waals surface area contributed by atoms with Crippen LogP contribution in [-0.4, -0.2) is 13.4 Å². The van der Waals surface area contributed by atoms with Crippen molar-refractivity contribution in [1.29, 1.82) is 0 Å². The highest BCUT2D eigenvalue weighted by Gasteiger charge is 2.42.